The molecule has 4 heteroatoms. The number of fused-ring (bicyclic) bond motifs is 2. The minimum Gasteiger partial charge on any atom is -0.259 e. The van der Waals surface area contributed by atoms with Crippen LogP contribution in [0, 0.1) is 17.3 Å². The SMILES string of the molecule is c1nc2cn[nH]c2nc1C1CCC2(CC1)CC1CCCCCCCC1C2. The molecule has 0 saturated heterocycles. The van der Waals surface area contributed by atoms with Crippen molar-refractivity contribution < 1.29 is 0 Å². The van der Waals surface area contributed by atoms with Crippen molar-refractivity contribution in [3.8, 4) is 0 Å². The van der Waals surface area contributed by atoms with Crippen LogP contribution in [-0.2, 0) is 0 Å². The topological polar surface area (TPSA) is 54.5 Å². The molecule has 3 saturated carbocycles. The smallest absolute Gasteiger partial charge is 0.174 e. The molecule has 2 heterocycles. The summed E-state index contributed by atoms with van der Waals surface area (Å²) in [6.45, 7) is 0. The lowest BCUT2D eigenvalue weighted by Crippen LogP contribution is -2.25. The fourth-order valence-corrected chi connectivity index (χ4v) is 6.42. The van der Waals surface area contributed by atoms with Crippen LogP contribution in [0.15, 0.2) is 12.4 Å². The van der Waals surface area contributed by atoms with E-state index in [1.807, 2.05) is 6.20 Å². The summed E-state index contributed by atoms with van der Waals surface area (Å²) in [4.78, 5) is 9.34. The summed E-state index contributed by atoms with van der Waals surface area (Å²) in [6, 6.07) is 0. The third-order valence-electron chi connectivity index (χ3n) is 7.85. The van der Waals surface area contributed by atoms with Gasteiger partial charge in [-0.15, -0.1) is 0 Å². The van der Waals surface area contributed by atoms with Crippen molar-refractivity contribution in [3.05, 3.63) is 18.1 Å². The minimum atomic E-state index is 0.595. The van der Waals surface area contributed by atoms with Gasteiger partial charge in [-0.3, -0.25) is 5.10 Å². The zero-order chi connectivity index (χ0) is 17.4. The predicted octanol–water partition coefficient (Wildman–Crippen LogP) is 5.77. The van der Waals surface area contributed by atoms with Crippen LogP contribution >= 0.6 is 0 Å². The van der Waals surface area contributed by atoms with Crippen molar-refractivity contribution in [3.63, 3.8) is 0 Å². The summed E-state index contributed by atoms with van der Waals surface area (Å²) in [6.07, 6.45) is 22.7. The largest absolute Gasteiger partial charge is 0.259 e. The van der Waals surface area contributed by atoms with Crippen molar-refractivity contribution in [2.24, 2.45) is 17.3 Å². The van der Waals surface area contributed by atoms with Gasteiger partial charge < -0.3 is 0 Å². The fourth-order valence-electron chi connectivity index (χ4n) is 6.42. The molecule has 0 bridgehead atoms. The van der Waals surface area contributed by atoms with Gasteiger partial charge in [0.05, 0.1) is 11.9 Å². The van der Waals surface area contributed by atoms with Crippen LogP contribution in [0.1, 0.15) is 95.1 Å². The molecule has 0 aromatic carbocycles. The highest BCUT2D eigenvalue weighted by molar-refractivity contribution is 5.68. The normalized spacial score (nSPS) is 35.8. The number of H-pyrrole nitrogens is 1. The molecule has 0 aliphatic heterocycles. The Balaban J connectivity index is 1.26. The first-order valence-electron chi connectivity index (χ1n) is 11.0. The number of aromatic amines is 1. The molecular weight excluding hydrogens is 320 g/mol. The lowest BCUT2D eigenvalue weighted by atomic mass is 9.68. The molecule has 3 aliphatic carbocycles. The number of rotatable bonds is 1. The standard InChI is InChI=1S/C22H32N4/c1-2-4-6-17-12-22(13-18(17)7-5-3-1)10-8-16(9-11-22)19-14-23-20-15-24-26-21(20)25-19/h14-18H,1-13H2,(H,24,25,26). The molecule has 3 fully saturated rings. The molecule has 0 amide bonds. The van der Waals surface area contributed by atoms with Gasteiger partial charge in [0.15, 0.2) is 5.65 Å². The highest BCUT2D eigenvalue weighted by Gasteiger charge is 2.46. The molecule has 2 unspecified atom stereocenters. The first-order valence-corrected chi connectivity index (χ1v) is 11.0. The predicted molar refractivity (Wildman–Crippen MR) is 104 cm³/mol. The Hall–Kier alpha value is -1.45. The first kappa shape index (κ1) is 16.7. The summed E-state index contributed by atoms with van der Waals surface area (Å²) in [5.41, 5.74) is 3.57. The molecule has 1 N–H and O–H groups in total. The Morgan fingerprint density at radius 2 is 1.54 bits per heavy atom. The zero-order valence-electron chi connectivity index (χ0n) is 15.9. The number of aromatic nitrogens is 4. The fraction of sp³-hybridized carbons (Fsp3) is 0.773. The molecule has 0 radical (unpaired) electrons. The molecule has 140 valence electrons. The van der Waals surface area contributed by atoms with Crippen LogP contribution < -0.4 is 0 Å². The summed E-state index contributed by atoms with van der Waals surface area (Å²) in [5, 5.41) is 7.03. The molecule has 2 aromatic rings. The Morgan fingerprint density at radius 3 is 2.27 bits per heavy atom. The number of hydrogen-bond acceptors (Lipinski definition) is 3. The average Bonchev–Trinajstić information content (AvgIpc) is 3.27. The van der Waals surface area contributed by atoms with Crippen LogP contribution in [0.2, 0.25) is 0 Å². The van der Waals surface area contributed by atoms with Gasteiger partial charge in [-0.1, -0.05) is 44.9 Å². The van der Waals surface area contributed by atoms with Gasteiger partial charge in [-0.2, -0.15) is 5.10 Å². The van der Waals surface area contributed by atoms with E-state index in [4.69, 9.17) is 4.98 Å². The van der Waals surface area contributed by atoms with E-state index in [1.54, 1.807) is 6.20 Å². The van der Waals surface area contributed by atoms with Crippen LogP contribution in [0.3, 0.4) is 0 Å². The summed E-state index contributed by atoms with van der Waals surface area (Å²) >= 11 is 0. The van der Waals surface area contributed by atoms with E-state index in [0.29, 0.717) is 11.3 Å². The third-order valence-corrected chi connectivity index (χ3v) is 7.85. The van der Waals surface area contributed by atoms with E-state index in [1.165, 1.54) is 89.2 Å². The molecule has 4 nitrogen and oxygen atoms in total. The molecule has 26 heavy (non-hydrogen) atoms. The van der Waals surface area contributed by atoms with Crippen LogP contribution in [0.4, 0.5) is 0 Å². The molecule has 1 spiro atoms. The summed E-state index contributed by atoms with van der Waals surface area (Å²) < 4.78 is 0. The van der Waals surface area contributed by atoms with Crippen molar-refractivity contribution in [1.82, 2.24) is 20.2 Å². The van der Waals surface area contributed by atoms with E-state index < -0.39 is 0 Å². The summed E-state index contributed by atoms with van der Waals surface area (Å²) in [5.74, 6) is 2.66. The lowest BCUT2D eigenvalue weighted by molar-refractivity contribution is 0.168. The molecule has 5 rings (SSSR count). The zero-order valence-corrected chi connectivity index (χ0v) is 15.9. The molecule has 2 aromatic heterocycles. The quantitative estimate of drug-likeness (QED) is 0.709. The van der Waals surface area contributed by atoms with Gasteiger partial charge in [0.25, 0.3) is 0 Å². The molecule has 2 atom stereocenters. The maximum absolute atomic E-state index is 4.80. The molecule has 3 aliphatic rings. The Kier molecular flexibility index (Phi) is 4.46. The Bertz CT molecular complexity index is 725. The minimum absolute atomic E-state index is 0.595. The first-order chi connectivity index (χ1) is 12.8. The highest BCUT2D eigenvalue weighted by atomic mass is 15.1. The second kappa shape index (κ2) is 6.94. The number of nitrogens with one attached hydrogen (secondary N) is 1. The van der Waals surface area contributed by atoms with Gasteiger partial charge in [0, 0.05) is 12.1 Å². The van der Waals surface area contributed by atoms with Gasteiger partial charge in [-0.25, -0.2) is 9.97 Å². The van der Waals surface area contributed by atoms with Crippen molar-refractivity contribution in [1.29, 1.82) is 0 Å². The Labute approximate surface area is 156 Å². The maximum Gasteiger partial charge on any atom is 0.174 e. The van der Waals surface area contributed by atoms with Gasteiger partial charge in [0.2, 0.25) is 0 Å². The van der Waals surface area contributed by atoms with E-state index in [0.717, 1.165) is 23.0 Å². The van der Waals surface area contributed by atoms with E-state index >= 15 is 0 Å². The third kappa shape index (κ3) is 3.16. The van der Waals surface area contributed by atoms with Gasteiger partial charge in [-0.05, 0) is 55.8 Å². The van der Waals surface area contributed by atoms with Crippen molar-refractivity contribution in [2.75, 3.05) is 0 Å². The van der Waals surface area contributed by atoms with E-state index in [2.05, 4.69) is 15.2 Å². The average molecular weight is 353 g/mol. The van der Waals surface area contributed by atoms with Crippen LogP contribution in [-0.4, -0.2) is 20.2 Å². The Morgan fingerprint density at radius 1 is 0.846 bits per heavy atom. The summed E-state index contributed by atoms with van der Waals surface area (Å²) in [7, 11) is 0. The van der Waals surface area contributed by atoms with Crippen molar-refractivity contribution >= 4 is 11.2 Å². The van der Waals surface area contributed by atoms with E-state index in [-0.39, 0.29) is 0 Å². The molecular formula is C22H32N4. The lowest BCUT2D eigenvalue weighted by Gasteiger charge is -2.37. The second-order valence-electron chi connectivity index (χ2n) is 9.45. The van der Waals surface area contributed by atoms with Gasteiger partial charge in [0.1, 0.15) is 5.52 Å². The van der Waals surface area contributed by atoms with Crippen LogP contribution in [0.5, 0.6) is 0 Å². The van der Waals surface area contributed by atoms with E-state index in [9.17, 15) is 0 Å². The highest BCUT2D eigenvalue weighted by Crippen LogP contribution is 2.58. The number of hydrogen-bond donors (Lipinski definition) is 1. The van der Waals surface area contributed by atoms with Crippen molar-refractivity contribution in [2.45, 2.75) is 89.4 Å². The second-order valence-corrected chi connectivity index (χ2v) is 9.45. The van der Waals surface area contributed by atoms with Gasteiger partial charge >= 0.3 is 0 Å². The van der Waals surface area contributed by atoms with Crippen LogP contribution in [0.25, 0.3) is 11.2 Å². The maximum atomic E-state index is 4.80. The number of nitrogens with zero attached hydrogens (tertiary/aromatic N) is 3. The monoisotopic (exact) mass is 352 g/mol.